The Bertz CT molecular complexity index is 508. The van der Waals surface area contributed by atoms with Crippen LogP contribution in [0.25, 0.3) is 0 Å². The van der Waals surface area contributed by atoms with Gasteiger partial charge < -0.3 is 10.2 Å². The van der Waals surface area contributed by atoms with Crippen LogP contribution >= 0.6 is 0 Å². The van der Waals surface area contributed by atoms with E-state index in [1.807, 2.05) is 0 Å². The van der Waals surface area contributed by atoms with E-state index < -0.39 is 16.2 Å². The van der Waals surface area contributed by atoms with Crippen molar-refractivity contribution in [3.05, 3.63) is 24.5 Å². The van der Waals surface area contributed by atoms with Gasteiger partial charge in [-0.15, -0.1) is 0 Å². The first-order chi connectivity index (χ1) is 9.42. The Hall–Kier alpha value is -1.67. The van der Waals surface area contributed by atoms with Gasteiger partial charge in [0.15, 0.2) is 0 Å². The van der Waals surface area contributed by atoms with Crippen LogP contribution in [0.1, 0.15) is 32.1 Å². The molecule has 1 aromatic rings. The van der Waals surface area contributed by atoms with Gasteiger partial charge in [0, 0.05) is 18.4 Å². The summed E-state index contributed by atoms with van der Waals surface area (Å²) in [5, 5.41) is 13.9. The lowest BCUT2D eigenvalue weighted by atomic mass is 9.96. The van der Waals surface area contributed by atoms with Crippen molar-refractivity contribution in [1.29, 1.82) is 0 Å². The SMILES string of the molecule is O=C(O)O.O=S(=O)(NC1CCCCC1)c1cccnc1. The molecule has 1 saturated carbocycles. The highest BCUT2D eigenvalue weighted by molar-refractivity contribution is 7.89. The fourth-order valence-electron chi connectivity index (χ4n) is 2.01. The second-order valence-corrected chi connectivity index (χ2v) is 6.14. The third-order valence-corrected chi connectivity index (χ3v) is 4.38. The molecule has 112 valence electrons. The Balaban J connectivity index is 0.000000444. The molecule has 0 spiro atoms. The van der Waals surface area contributed by atoms with E-state index in [4.69, 9.17) is 15.0 Å². The van der Waals surface area contributed by atoms with Crippen LogP contribution in [0.15, 0.2) is 29.4 Å². The Morgan fingerprint density at radius 3 is 2.35 bits per heavy atom. The van der Waals surface area contributed by atoms with Crippen molar-refractivity contribution in [3.63, 3.8) is 0 Å². The maximum absolute atomic E-state index is 11.9. The smallest absolute Gasteiger partial charge is 0.450 e. The molecule has 0 aromatic carbocycles. The van der Waals surface area contributed by atoms with Crippen LogP contribution in [0.4, 0.5) is 4.79 Å². The predicted molar refractivity (Wildman–Crippen MR) is 72.1 cm³/mol. The number of pyridine rings is 1. The first-order valence-electron chi connectivity index (χ1n) is 6.26. The summed E-state index contributed by atoms with van der Waals surface area (Å²) in [4.78, 5) is 12.6. The number of hydrogen-bond acceptors (Lipinski definition) is 4. The first-order valence-corrected chi connectivity index (χ1v) is 7.74. The molecule has 20 heavy (non-hydrogen) atoms. The lowest BCUT2D eigenvalue weighted by Crippen LogP contribution is -2.36. The fraction of sp³-hybridized carbons (Fsp3) is 0.500. The van der Waals surface area contributed by atoms with Gasteiger partial charge in [-0.3, -0.25) is 4.98 Å². The van der Waals surface area contributed by atoms with Gasteiger partial charge in [0.1, 0.15) is 4.90 Å². The van der Waals surface area contributed by atoms with Crippen LogP contribution in [-0.4, -0.2) is 35.8 Å². The van der Waals surface area contributed by atoms with Gasteiger partial charge in [0.2, 0.25) is 10.0 Å². The van der Waals surface area contributed by atoms with Gasteiger partial charge in [0.05, 0.1) is 0 Å². The van der Waals surface area contributed by atoms with Gasteiger partial charge in [0.25, 0.3) is 0 Å². The molecular formula is C12H18N2O5S. The van der Waals surface area contributed by atoms with E-state index in [2.05, 4.69) is 9.71 Å². The molecule has 1 fully saturated rings. The van der Waals surface area contributed by atoms with Crippen molar-refractivity contribution >= 4 is 16.2 Å². The van der Waals surface area contributed by atoms with Crippen molar-refractivity contribution in [2.75, 3.05) is 0 Å². The third-order valence-electron chi connectivity index (χ3n) is 2.87. The number of carbonyl (C=O) groups is 1. The van der Waals surface area contributed by atoms with Gasteiger partial charge in [-0.2, -0.15) is 0 Å². The van der Waals surface area contributed by atoms with E-state index in [9.17, 15) is 8.42 Å². The zero-order valence-corrected chi connectivity index (χ0v) is 11.7. The maximum atomic E-state index is 11.9. The molecule has 8 heteroatoms. The minimum Gasteiger partial charge on any atom is -0.450 e. The topological polar surface area (TPSA) is 117 Å². The number of nitrogens with zero attached hydrogens (tertiary/aromatic N) is 1. The van der Waals surface area contributed by atoms with Gasteiger partial charge in [-0.05, 0) is 25.0 Å². The molecule has 0 amide bonds. The van der Waals surface area contributed by atoms with E-state index in [1.54, 1.807) is 18.3 Å². The van der Waals surface area contributed by atoms with Crippen molar-refractivity contribution < 1.29 is 23.4 Å². The number of hydrogen-bond donors (Lipinski definition) is 3. The monoisotopic (exact) mass is 302 g/mol. The number of sulfonamides is 1. The summed E-state index contributed by atoms with van der Waals surface area (Å²) in [5.74, 6) is 0. The quantitative estimate of drug-likeness (QED) is 0.785. The van der Waals surface area contributed by atoms with Crippen LogP contribution in [0, 0.1) is 0 Å². The van der Waals surface area contributed by atoms with Gasteiger partial charge in [-0.25, -0.2) is 17.9 Å². The standard InChI is InChI=1S/C11H16N2O2S.CH2O3/c14-16(15,11-7-4-8-12-9-11)13-10-5-2-1-3-6-10;2-1(3)4/h4,7-10,13H,1-3,5-6H2;(H2,2,3,4). The molecule has 0 saturated heterocycles. The van der Waals surface area contributed by atoms with E-state index >= 15 is 0 Å². The number of aromatic nitrogens is 1. The Morgan fingerprint density at radius 2 is 1.85 bits per heavy atom. The number of nitrogens with one attached hydrogen (secondary N) is 1. The van der Waals surface area contributed by atoms with Crippen molar-refractivity contribution in [2.24, 2.45) is 0 Å². The summed E-state index contributed by atoms with van der Waals surface area (Å²) in [5.41, 5.74) is 0. The summed E-state index contributed by atoms with van der Waals surface area (Å²) >= 11 is 0. The predicted octanol–water partition coefficient (Wildman–Crippen LogP) is 1.91. The molecule has 0 unspecified atom stereocenters. The minimum absolute atomic E-state index is 0.0963. The zero-order valence-electron chi connectivity index (χ0n) is 10.9. The first kappa shape index (κ1) is 16.4. The number of carboxylic acid groups (broad SMARTS) is 2. The molecule has 7 nitrogen and oxygen atoms in total. The van der Waals surface area contributed by atoms with E-state index in [1.165, 1.54) is 12.6 Å². The largest absolute Gasteiger partial charge is 0.503 e. The van der Waals surface area contributed by atoms with E-state index in [0.29, 0.717) is 0 Å². The fourth-order valence-corrected chi connectivity index (χ4v) is 3.28. The van der Waals surface area contributed by atoms with Gasteiger partial charge >= 0.3 is 6.16 Å². The van der Waals surface area contributed by atoms with Crippen LogP contribution in [0.3, 0.4) is 0 Å². The van der Waals surface area contributed by atoms with Crippen molar-refractivity contribution in [3.8, 4) is 0 Å². The highest BCUT2D eigenvalue weighted by Gasteiger charge is 2.21. The van der Waals surface area contributed by atoms with E-state index in [0.717, 1.165) is 25.7 Å². The highest BCUT2D eigenvalue weighted by Crippen LogP contribution is 2.19. The normalized spacial score (nSPS) is 16.0. The highest BCUT2D eigenvalue weighted by atomic mass is 32.2. The summed E-state index contributed by atoms with van der Waals surface area (Å²) < 4.78 is 26.6. The zero-order chi connectivity index (χ0) is 15.0. The van der Waals surface area contributed by atoms with Gasteiger partial charge in [-0.1, -0.05) is 19.3 Å². The van der Waals surface area contributed by atoms with Crippen LogP contribution < -0.4 is 4.72 Å². The summed E-state index contributed by atoms with van der Waals surface area (Å²) in [7, 11) is -3.37. The molecular weight excluding hydrogens is 284 g/mol. The second-order valence-electron chi connectivity index (χ2n) is 4.43. The van der Waals surface area contributed by atoms with Crippen LogP contribution in [0.2, 0.25) is 0 Å². The Kier molecular flexibility index (Phi) is 6.40. The maximum Gasteiger partial charge on any atom is 0.503 e. The summed E-state index contributed by atoms with van der Waals surface area (Å²) in [6, 6.07) is 3.30. The molecule has 0 bridgehead atoms. The van der Waals surface area contributed by atoms with Crippen molar-refractivity contribution in [1.82, 2.24) is 9.71 Å². The molecule has 0 atom stereocenters. The molecule has 0 aliphatic heterocycles. The molecule has 1 aliphatic carbocycles. The average molecular weight is 302 g/mol. The molecule has 1 aliphatic rings. The molecule has 0 radical (unpaired) electrons. The minimum atomic E-state index is -3.37. The van der Waals surface area contributed by atoms with Crippen LogP contribution in [-0.2, 0) is 10.0 Å². The average Bonchev–Trinajstić information content (AvgIpc) is 2.40. The lowest BCUT2D eigenvalue weighted by molar-refractivity contribution is 0.137. The van der Waals surface area contributed by atoms with Crippen molar-refractivity contribution in [2.45, 2.75) is 43.0 Å². The van der Waals surface area contributed by atoms with E-state index in [-0.39, 0.29) is 10.9 Å². The summed E-state index contributed by atoms with van der Waals surface area (Å²) in [6.07, 6.45) is 6.44. The number of rotatable bonds is 3. The molecule has 3 N–H and O–H groups in total. The third kappa shape index (κ3) is 5.98. The lowest BCUT2D eigenvalue weighted by Gasteiger charge is -2.22. The Morgan fingerprint density at radius 1 is 1.25 bits per heavy atom. The molecule has 1 heterocycles. The Labute approximate surface area is 117 Å². The summed E-state index contributed by atoms with van der Waals surface area (Å²) in [6.45, 7) is 0. The molecule has 2 rings (SSSR count). The second kappa shape index (κ2) is 7.81. The van der Waals surface area contributed by atoms with Crippen LogP contribution in [0.5, 0.6) is 0 Å². The molecule has 1 aromatic heterocycles.